The Morgan fingerprint density at radius 2 is 1.94 bits per heavy atom. The number of carbonyl (C=O) groups excluding carboxylic acids is 1. The highest BCUT2D eigenvalue weighted by atomic mass is 79.9. The average molecular weight is 304 g/mol. The van der Waals surface area contributed by atoms with E-state index in [1.807, 2.05) is 6.92 Å². The molecule has 1 aromatic carbocycles. The minimum Gasteiger partial charge on any atom is -0.349 e. The molecule has 1 unspecified atom stereocenters. The van der Waals surface area contributed by atoms with E-state index >= 15 is 0 Å². The summed E-state index contributed by atoms with van der Waals surface area (Å²) in [7, 11) is 0. The largest absolute Gasteiger partial charge is 0.349 e. The van der Waals surface area contributed by atoms with E-state index in [9.17, 15) is 13.6 Å². The topological polar surface area (TPSA) is 29.1 Å². The zero-order chi connectivity index (χ0) is 12.6. The van der Waals surface area contributed by atoms with E-state index in [1.54, 1.807) is 0 Å². The van der Waals surface area contributed by atoms with E-state index in [0.717, 1.165) is 25.0 Å². The molecule has 2 nitrogen and oxygen atoms in total. The molecule has 1 aliphatic carbocycles. The molecule has 5 heteroatoms. The van der Waals surface area contributed by atoms with Gasteiger partial charge in [-0.3, -0.25) is 4.79 Å². The van der Waals surface area contributed by atoms with Gasteiger partial charge in [0.1, 0.15) is 17.2 Å². The van der Waals surface area contributed by atoms with Crippen molar-refractivity contribution in [3.8, 4) is 0 Å². The summed E-state index contributed by atoms with van der Waals surface area (Å²) in [6, 6.07) is 2.13. The Kier molecular flexibility index (Phi) is 3.47. The van der Waals surface area contributed by atoms with Crippen molar-refractivity contribution >= 4 is 21.8 Å². The molecule has 0 aliphatic heterocycles. The van der Waals surface area contributed by atoms with E-state index in [0.29, 0.717) is 5.92 Å². The van der Waals surface area contributed by atoms with Gasteiger partial charge in [-0.15, -0.1) is 0 Å². The van der Waals surface area contributed by atoms with Crippen molar-refractivity contribution in [3.05, 3.63) is 33.8 Å². The Hall–Kier alpha value is -0.970. The second-order valence-corrected chi connectivity index (χ2v) is 5.26. The minimum atomic E-state index is -0.850. The predicted octanol–water partition coefficient (Wildman–Crippen LogP) is 3.26. The third-order valence-electron chi connectivity index (χ3n) is 2.92. The van der Waals surface area contributed by atoms with Crippen molar-refractivity contribution in [1.29, 1.82) is 0 Å². The summed E-state index contributed by atoms with van der Waals surface area (Å²) < 4.78 is 27.3. The molecule has 1 N–H and O–H groups in total. The molecule has 0 radical (unpaired) electrons. The number of rotatable bonds is 3. The highest BCUT2D eigenvalue weighted by molar-refractivity contribution is 9.10. The first-order valence-electron chi connectivity index (χ1n) is 5.44. The number of hydrogen-bond acceptors (Lipinski definition) is 1. The van der Waals surface area contributed by atoms with Gasteiger partial charge in [-0.1, -0.05) is 15.9 Å². The monoisotopic (exact) mass is 303 g/mol. The lowest BCUT2D eigenvalue weighted by Crippen LogP contribution is -2.35. The fraction of sp³-hybridized carbons (Fsp3) is 0.417. The van der Waals surface area contributed by atoms with Gasteiger partial charge in [0.05, 0.1) is 0 Å². The maximum Gasteiger partial charge on any atom is 0.257 e. The first-order valence-corrected chi connectivity index (χ1v) is 6.23. The SMILES string of the molecule is CC(NC(=O)c1c(F)cc(Br)cc1F)C1CC1. The number of nitrogens with one attached hydrogen (secondary N) is 1. The van der Waals surface area contributed by atoms with Crippen molar-refractivity contribution in [1.82, 2.24) is 5.32 Å². The summed E-state index contributed by atoms with van der Waals surface area (Å²) in [4.78, 5) is 11.7. The van der Waals surface area contributed by atoms with Gasteiger partial charge in [-0.2, -0.15) is 0 Å². The molecule has 1 aromatic rings. The third-order valence-corrected chi connectivity index (χ3v) is 3.38. The van der Waals surface area contributed by atoms with E-state index in [2.05, 4.69) is 21.2 Å². The van der Waals surface area contributed by atoms with E-state index in [1.165, 1.54) is 0 Å². The van der Waals surface area contributed by atoms with Gasteiger partial charge in [0.2, 0.25) is 0 Å². The molecule has 92 valence electrons. The summed E-state index contributed by atoms with van der Waals surface area (Å²) in [5, 5.41) is 2.62. The zero-order valence-electron chi connectivity index (χ0n) is 9.27. The van der Waals surface area contributed by atoms with Crippen LogP contribution in [0.2, 0.25) is 0 Å². The van der Waals surface area contributed by atoms with Gasteiger partial charge in [-0.05, 0) is 37.8 Å². The lowest BCUT2D eigenvalue weighted by Gasteiger charge is -2.13. The Morgan fingerprint density at radius 3 is 2.41 bits per heavy atom. The van der Waals surface area contributed by atoms with Crippen LogP contribution in [0, 0.1) is 17.6 Å². The maximum atomic E-state index is 13.5. The molecule has 1 amide bonds. The molecular weight excluding hydrogens is 292 g/mol. The van der Waals surface area contributed by atoms with E-state index in [4.69, 9.17) is 0 Å². The second-order valence-electron chi connectivity index (χ2n) is 4.34. The summed E-state index contributed by atoms with van der Waals surface area (Å²) in [5.41, 5.74) is -0.513. The van der Waals surface area contributed by atoms with Crippen LogP contribution in [-0.4, -0.2) is 11.9 Å². The Morgan fingerprint density at radius 1 is 1.41 bits per heavy atom. The van der Waals surface area contributed by atoms with Crippen LogP contribution in [0.25, 0.3) is 0 Å². The molecule has 0 heterocycles. The Balaban J connectivity index is 2.18. The van der Waals surface area contributed by atoms with Crippen LogP contribution in [0.4, 0.5) is 8.78 Å². The molecular formula is C12H12BrF2NO. The Labute approximate surface area is 107 Å². The van der Waals surface area contributed by atoms with Crippen LogP contribution in [0.3, 0.4) is 0 Å². The number of benzene rings is 1. The first kappa shape index (κ1) is 12.5. The molecule has 1 saturated carbocycles. The lowest BCUT2D eigenvalue weighted by molar-refractivity contribution is 0.0927. The third kappa shape index (κ3) is 2.83. The maximum absolute atomic E-state index is 13.5. The van der Waals surface area contributed by atoms with Gasteiger partial charge in [0.15, 0.2) is 0 Å². The molecule has 0 bridgehead atoms. The van der Waals surface area contributed by atoms with Crippen molar-refractivity contribution in [2.45, 2.75) is 25.8 Å². The first-order chi connectivity index (χ1) is 7.99. The summed E-state index contributed by atoms with van der Waals surface area (Å²) >= 11 is 2.97. The highest BCUT2D eigenvalue weighted by Crippen LogP contribution is 2.32. The van der Waals surface area contributed by atoms with Crippen molar-refractivity contribution in [3.63, 3.8) is 0 Å². The van der Waals surface area contributed by atoms with E-state index < -0.39 is 23.1 Å². The quantitative estimate of drug-likeness (QED) is 0.912. The van der Waals surface area contributed by atoms with Crippen molar-refractivity contribution in [2.75, 3.05) is 0 Å². The summed E-state index contributed by atoms with van der Waals surface area (Å²) in [6.45, 7) is 1.85. The summed E-state index contributed by atoms with van der Waals surface area (Å²) in [6.07, 6.45) is 2.12. The van der Waals surface area contributed by atoms with Gasteiger partial charge in [0, 0.05) is 10.5 Å². The molecule has 17 heavy (non-hydrogen) atoms. The Bertz CT molecular complexity index is 437. The predicted molar refractivity (Wildman–Crippen MR) is 63.7 cm³/mol. The van der Waals surface area contributed by atoms with Gasteiger partial charge in [0.25, 0.3) is 5.91 Å². The molecule has 0 aromatic heterocycles. The number of carbonyl (C=O) groups is 1. The number of amides is 1. The van der Waals surface area contributed by atoms with Crippen LogP contribution >= 0.6 is 15.9 Å². The van der Waals surface area contributed by atoms with Crippen LogP contribution in [0.5, 0.6) is 0 Å². The van der Waals surface area contributed by atoms with Crippen molar-refractivity contribution in [2.24, 2.45) is 5.92 Å². The molecule has 1 fully saturated rings. The number of halogens is 3. The second kappa shape index (κ2) is 4.72. The van der Waals surface area contributed by atoms with Crippen LogP contribution in [-0.2, 0) is 0 Å². The van der Waals surface area contributed by atoms with Crippen LogP contribution in [0.15, 0.2) is 16.6 Å². The fourth-order valence-corrected chi connectivity index (χ4v) is 2.15. The van der Waals surface area contributed by atoms with Crippen molar-refractivity contribution < 1.29 is 13.6 Å². The van der Waals surface area contributed by atoms with Crippen LogP contribution < -0.4 is 5.32 Å². The molecule has 2 rings (SSSR count). The van der Waals surface area contributed by atoms with Gasteiger partial charge >= 0.3 is 0 Å². The molecule has 1 aliphatic rings. The summed E-state index contributed by atoms with van der Waals surface area (Å²) in [5.74, 6) is -1.94. The zero-order valence-corrected chi connectivity index (χ0v) is 10.9. The fourth-order valence-electron chi connectivity index (χ4n) is 1.75. The highest BCUT2D eigenvalue weighted by Gasteiger charge is 2.30. The minimum absolute atomic E-state index is 0.0371. The molecule has 0 spiro atoms. The molecule has 0 saturated heterocycles. The van der Waals surface area contributed by atoms with Gasteiger partial charge in [-0.25, -0.2) is 8.78 Å². The molecule has 1 atom stereocenters. The lowest BCUT2D eigenvalue weighted by atomic mass is 10.1. The average Bonchev–Trinajstić information content (AvgIpc) is 2.97. The normalized spacial score (nSPS) is 16.7. The van der Waals surface area contributed by atoms with E-state index in [-0.39, 0.29) is 10.5 Å². The standard InChI is InChI=1S/C12H12BrF2NO/c1-6(7-2-3-7)16-12(17)11-9(14)4-8(13)5-10(11)15/h4-7H,2-3H2,1H3,(H,16,17). The smallest absolute Gasteiger partial charge is 0.257 e. The van der Waals surface area contributed by atoms with Gasteiger partial charge < -0.3 is 5.32 Å². The number of hydrogen-bond donors (Lipinski definition) is 1. The van der Waals surface area contributed by atoms with Crippen LogP contribution in [0.1, 0.15) is 30.1 Å².